The summed E-state index contributed by atoms with van der Waals surface area (Å²) in [5, 5.41) is 11.4. The van der Waals surface area contributed by atoms with Crippen LogP contribution in [0.4, 0.5) is 0 Å². The molecule has 2 fully saturated rings. The van der Waals surface area contributed by atoms with Gasteiger partial charge in [-0.3, -0.25) is 28.8 Å². The molecule has 12 nitrogen and oxygen atoms in total. The van der Waals surface area contributed by atoms with E-state index < -0.39 is 35.6 Å². The van der Waals surface area contributed by atoms with Crippen LogP contribution in [-0.2, 0) is 35.8 Å². The molecule has 4 heterocycles. The van der Waals surface area contributed by atoms with E-state index in [0.29, 0.717) is 11.8 Å². The van der Waals surface area contributed by atoms with E-state index in [1.165, 1.54) is 36.4 Å². The minimum absolute atomic E-state index is 0.0290. The molecular weight excluding hydrogens is 713 g/mol. The van der Waals surface area contributed by atoms with Crippen LogP contribution < -0.4 is 30.7 Å². The first-order valence-corrected chi connectivity index (χ1v) is 17.6. The predicted molar refractivity (Wildman–Crippen MR) is 203 cm³/mol. The second kappa shape index (κ2) is 17.4. The molecule has 2 aliphatic carbocycles. The Morgan fingerprint density at radius 1 is 0.393 bits per heavy atom. The zero-order valence-electron chi connectivity index (χ0n) is 29.8. The zero-order valence-corrected chi connectivity index (χ0v) is 29.8. The predicted octanol–water partition coefficient (Wildman–Crippen LogP) is 4.34. The van der Waals surface area contributed by atoms with E-state index in [2.05, 4.69) is 21.3 Å². The highest BCUT2D eigenvalue weighted by atomic mass is 16.5. The SMILES string of the molecule is O=C(Oc1cc2cc(c1)C(=O)NCc1ccc(cc1)CNC(=O)c1cc(OC(=O)[C]3[CH][CH][CH][CH]3)cc(c1)C(=O)NCc1ccc(cc1)CNC2=O)[C]1[CH][CH][CH][CH]1. The van der Waals surface area contributed by atoms with Gasteiger partial charge in [-0.05, 0) is 110 Å². The van der Waals surface area contributed by atoms with Gasteiger partial charge in [0.15, 0.2) is 0 Å². The van der Waals surface area contributed by atoms with Gasteiger partial charge in [-0.15, -0.1) is 0 Å². The van der Waals surface area contributed by atoms with Crippen LogP contribution in [0.15, 0.2) is 84.9 Å². The number of hydrogen-bond donors (Lipinski definition) is 4. The lowest BCUT2D eigenvalue weighted by Crippen LogP contribution is -2.26. The van der Waals surface area contributed by atoms with Crippen LogP contribution in [-0.4, -0.2) is 35.6 Å². The first kappa shape index (κ1) is 38.0. The fourth-order valence-corrected chi connectivity index (χ4v) is 5.88. The summed E-state index contributed by atoms with van der Waals surface area (Å²) < 4.78 is 11.1. The molecule has 56 heavy (non-hydrogen) atoms. The summed E-state index contributed by atoms with van der Waals surface area (Å²) in [4.78, 5) is 79.0. The third-order valence-corrected chi connectivity index (χ3v) is 8.94. The third kappa shape index (κ3) is 9.67. The van der Waals surface area contributed by atoms with Crippen molar-refractivity contribution >= 4 is 35.6 Å². The highest BCUT2D eigenvalue weighted by Crippen LogP contribution is 2.28. The third-order valence-electron chi connectivity index (χ3n) is 8.94. The van der Waals surface area contributed by atoms with Crippen LogP contribution >= 0.6 is 0 Å². The second-order valence-corrected chi connectivity index (χ2v) is 13.0. The molecule has 4 N–H and O–H groups in total. The van der Waals surface area contributed by atoms with E-state index in [4.69, 9.17) is 9.47 Å². The van der Waals surface area contributed by atoms with Crippen LogP contribution in [0.5, 0.6) is 11.5 Å². The summed E-state index contributed by atoms with van der Waals surface area (Å²) in [6.07, 6.45) is 13.2. The summed E-state index contributed by atoms with van der Waals surface area (Å²) in [6, 6.07) is 22.8. The van der Waals surface area contributed by atoms with E-state index in [1.54, 1.807) is 99.9 Å². The monoisotopic (exact) mass is 746 g/mol. The van der Waals surface area contributed by atoms with Gasteiger partial charge in [0, 0.05) is 48.4 Å². The maximum absolute atomic E-state index is 13.4. The van der Waals surface area contributed by atoms with Gasteiger partial charge in [0.05, 0.1) is 11.8 Å². The largest absolute Gasteiger partial charge is 0.426 e. The van der Waals surface area contributed by atoms with Gasteiger partial charge in [-0.1, -0.05) is 48.5 Å². The van der Waals surface area contributed by atoms with Crippen LogP contribution in [0, 0.1) is 63.2 Å². The van der Waals surface area contributed by atoms with Crippen LogP contribution in [0.25, 0.3) is 0 Å². The first-order valence-electron chi connectivity index (χ1n) is 17.6. The van der Waals surface area contributed by atoms with Crippen molar-refractivity contribution in [3.63, 3.8) is 0 Å². The minimum atomic E-state index is -0.634. The van der Waals surface area contributed by atoms with Gasteiger partial charge in [0.25, 0.3) is 23.6 Å². The first-order chi connectivity index (χ1) is 27.2. The van der Waals surface area contributed by atoms with E-state index in [1.807, 2.05) is 0 Å². The number of ether oxygens (including phenoxy) is 2. The molecule has 4 amide bonds. The Hall–Kier alpha value is -6.30. The fourth-order valence-electron chi connectivity index (χ4n) is 5.88. The van der Waals surface area contributed by atoms with Crippen molar-refractivity contribution in [1.82, 2.24) is 21.3 Å². The van der Waals surface area contributed by atoms with Crippen molar-refractivity contribution in [2.45, 2.75) is 26.2 Å². The summed E-state index contributed by atoms with van der Waals surface area (Å²) in [7, 11) is 0. The molecule has 10 radical (unpaired) electrons. The lowest BCUT2D eigenvalue weighted by molar-refractivity contribution is -0.132. The second-order valence-electron chi connectivity index (χ2n) is 13.0. The normalized spacial score (nSPS) is 17.1. The van der Waals surface area contributed by atoms with Gasteiger partial charge < -0.3 is 30.7 Å². The maximum atomic E-state index is 13.4. The van der Waals surface area contributed by atoms with E-state index in [-0.39, 0.29) is 59.9 Å². The molecule has 6 aliphatic rings. The molecular formula is C44H34N4O8. The molecule has 4 aromatic carbocycles. The number of hydrogen-bond acceptors (Lipinski definition) is 8. The zero-order chi connectivity index (χ0) is 39.0. The number of benzene rings is 4. The van der Waals surface area contributed by atoms with Crippen molar-refractivity contribution in [2.75, 3.05) is 0 Å². The van der Waals surface area contributed by atoms with Gasteiger partial charge in [0.2, 0.25) is 0 Å². The molecule has 10 rings (SSSR count). The van der Waals surface area contributed by atoms with Crippen molar-refractivity contribution in [1.29, 1.82) is 0 Å². The van der Waals surface area contributed by atoms with Crippen LogP contribution in [0.3, 0.4) is 0 Å². The summed E-state index contributed by atoms with van der Waals surface area (Å²) in [6.45, 7) is 0.562. The number of esters is 2. The van der Waals surface area contributed by atoms with Crippen molar-refractivity contribution < 1.29 is 38.2 Å². The lowest BCUT2D eigenvalue weighted by Gasteiger charge is -2.14. The molecule has 0 saturated heterocycles. The summed E-state index contributed by atoms with van der Waals surface area (Å²) in [5.41, 5.74) is 3.48. The number of rotatable bonds is 4. The quantitative estimate of drug-likeness (QED) is 0.177. The van der Waals surface area contributed by atoms with E-state index >= 15 is 0 Å². The van der Waals surface area contributed by atoms with Crippen molar-refractivity contribution in [3.05, 3.63) is 193 Å². The molecule has 278 valence electrons. The van der Waals surface area contributed by atoms with Crippen molar-refractivity contribution in [2.24, 2.45) is 0 Å². The highest BCUT2D eigenvalue weighted by molar-refractivity contribution is 6.02. The molecule has 4 aliphatic heterocycles. The average Bonchev–Trinajstić information content (AvgIpc) is 3.97. The van der Waals surface area contributed by atoms with E-state index in [0.717, 1.165) is 22.3 Å². The van der Waals surface area contributed by atoms with Crippen LogP contribution in [0.2, 0.25) is 0 Å². The molecule has 0 atom stereocenters. The lowest BCUT2D eigenvalue weighted by atomic mass is 10.1. The van der Waals surface area contributed by atoms with E-state index in [9.17, 15) is 28.8 Å². The molecule has 0 spiro atoms. The minimum Gasteiger partial charge on any atom is -0.426 e. The number of amides is 4. The maximum Gasteiger partial charge on any atom is 0.319 e. The van der Waals surface area contributed by atoms with Crippen LogP contribution in [0.1, 0.15) is 63.7 Å². The standard InChI is InChI=1S/C44H34N4O8/c49-39-33-17-34(20-37(19-33)55-43(53)31-5-1-2-6-31)40(50)46-24-28-11-15-30(16-12-28)26-48-42(52)36-18-35(21-38(22-36)56-44(54)32-7-3-4-8-32)41(51)47-25-29-13-9-27(10-14-29)23-45-39/h1-22H,23-26H2,(H,45,49)(H,46,50)(H,47,51)(H,48,52). The van der Waals surface area contributed by atoms with Crippen molar-refractivity contribution in [3.8, 4) is 11.5 Å². The Kier molecular flexibility index (Phi) is 11.8. The average molecular weight is 747 g/mol. The molecule has 2 saturated carbocycles. The Bertz CT molecular complexity index is 1870. The molecule has 0 unspecified atom stereocenters. The van der Waals surface area contributed by atoms with Gasteiger partial charge in [-0.2, -0.15) is 0 Å². The van der Waals surface area contributed by atoms with Gasteiger partial charge >= 0.3 is 11.9 Å². The summed E-state index contributed by atoms with van der Waals surface area (Å²) >= 11 is 0. The number of carbonyl (C=O) groups is 6. The molecule has 4 aromatic rings. The Morgan fingerprint density at radius 2 is 0.643 bits per heavy atom. The van der Waals surface area contributed by atoms with Gasteiger partial charge in [-0.25, -0.2) is 0 Å². The topological polar surface area (TPSA) is 169 Å². The summed E-state index contributed by atoms with van der Waals surface area (Å²) in [5.74, 6) is -2.53. The smallest absolute Gasteiger partial charge is 0.319 e. The van der Waals surface area contributed by atoms with Gasteiger partial charge in [0.1, 0.15) is 11.5 Å². The molecule has 0 aromatic heterocycles. The fraction of sp³-hybridized carbons (Fsp3) is 0.0909. The Balaban J connectivity index is 1.13. The number of nitrogens with one attached hydrogen (secondary N) is 4. The molecule has 12 heteroatoms. The Morgan fingerprint density at radius 3 is 0.893 bits per heavy atom. The number of carbonyl (C=O) groups excluding carboxylic acids is 6. The Labute approximate surface area is 324 Å². The molecule has 8 bridgehead atoms. The highest BCUT2D eigenvalue weighted by Gasteiger charge is 2.28.